The summed E-state index contributed by atoms with van der Waals surface area (Å²) >= 11 is 6.04. The van der Waals surface area contributed by atoms with Crippen LogP contribution in [0.1, 0.15) is 11.1 Å². The molecule has 9 heteroatoms. The molecule has 0 spiro atoms. The lowest BCUT2D eigenvalue weighted by molar-refractivity contribution is -0.118. The Balaban J connectivity index is 1.78. The van der Waals surface area contributed by atoms with E-state index in [1.807, 2.05) is 6.92 Å². The number of nitrogens with zero attached hydrogens (tertiary/aromatic N) is 1. The summed E-state index contributed by atoms with van der Waals surface area (Å²) in [6.45, 7) is 1.54. The number of halogens is 1. The second-order valence-corrected chi connectivity index (χ2v) is 9.49. The molecule has 3 aromatic carbocycles. The maximum absolute atomic E-state index is 12.9. The number of para-hydroxylation sites is 1. The van der Waals surface area contributed by atoms with E-state index in [2.05, 4.69) is 5.32 Å². The number of carbonyl (C=O) groups excluding carboxylic acids is 1. The molecule has 0 fully saturated rings. The molecule has 174 valence electrons. The smallest absolute Gasteiger partial charge is 0.262 e. The van der Waals surface area contributed by atoms with E-state index in [1.165, 1.54) is 37.5 Å². The van der Waals surface area contributed by atoms with Crippen molar-refractivity contribution in [3.05, 3.63) is 87.8 Å². The fourth-order valence-corrected chi connectivity index (χ4v) is 4.29. The van der Waals surface area contributed by atoms with Crippen molar-refractivity contribution in [2.75, 3.05) is 19.0 Å². The Morgan fingerprint density at radius 2 is 1.79 bits per heavy atom. The first-order chi connectivity index (χ1) is 16.2. The average Bonchev–Trinajstić information content (AvgIpc) is 2.83. The number of amides is 1. The van der Waals surface area contributed by atoms with Crippen molar-refractivity contribution in [3.8, 4) is 17.6 Å². The molecule has 0 radical (unpaired) electrons. The van der Waals surface area contributed by atoms with Gasteiger partial charge in [-0.3, -0.25) is 4.79 Å². The van der Waals surface area contributed by atoms with Gasteiger partial charge in [-0.15, -0.1) is 0 Å². The average molecular weight is 497 g/mol. The van der Waals surface area contributed by atoms with Crippen LogP contribution in [0.2, 0.25) is 5.02 Å². The number of aryl methyl sites for hydroxylation is 1. The highest BCUT2D eigenvalue weighted by Crippen LogP contribution is 2.30. The Kier molecular flexibility index (Phi) is 7.95. The van der Waals surface area contributed by atoms with Crippen LogP contribution in [0.5, 0.6) is 11.5 Å². The predicted octanol–water partition coefficient (Wildman–Crippen LogP) is 5.01. The first kappa shape index (κ1) is 24.8. The van der Waals surface area contributed by atoms with E-state index in [1.54, 1.807) is 48.5 Å². The van der Waals surface area contributed by atoms with Crippen molar-refractivity contribution >= 4 is 39.1 Å². The number of nitrogens with one attached hydrogen (secondary N) is 1. The zero-order chi connectivity index (χ0) is 24.7. The lowest BCUT2D eigenvalue weighted by Crippen LogP contribution is -2.20. The Labute approximate surface area is 203 Å². The predicted molar refractivity (Wildman–Crippen MR) is 131 cm³/mol. The first-order valence-corrected chi connectivity index (χ1v) is 11.9. The van der Waals surface area contributed by atoms with Gasteiger partial charge in [0.15, 0.2) is 18.1 Å². The van der Waals surface area contributed by atoms with Gasteiger partial charge in [-0.05, 0) is 55.0 Å². The number of rotatable bonds is 8. The minimum absolute atomic E-state index is 0.0300. The summed E-state index contributed by atoms with van der Waals surface area (Å²) in [4.78, 5) is 11.8. The third-order valence-electron chi connectivity index (χ3n) is 4.72. The number of nitriles is 1. The number of ether oxygens (including phenoxy) is 2. The molecule has 0 atom stereocenters. The van der Waals surface area contributed by atoms with Crippen LogP contribution in [0.3, 0.4) is 0 Å². The molecule has 0 aliphatic rings. The van der Waals surface area contributed by atoms with Crippen molar-refractivity contribution < 1.29 is 22.7 Å². The van der Waals surface area contributed by atoms with Gasteiger partial charge in [-0.2, -0.15) is 5.26 Å². The summed E-state index contributed by atoms with van der Waals surface area (Å²) in [5.74, 6) is 0.119. The molecule has 0 heterocycles. The van der Waals surface area contributed by atoms with Crippen LogP contribution in [0, 0.1) is 18.3 Å². The summed E-state index contributed by atoms with van der Waals surface area (Å²) in [5, 5.41) is 12.5. The topological polar surface area (TPSA) is 105 Å². The third kappa shape index (κ3) is 5.95. The molecule has 0 bridgehead atoms. The summed E-state index contributed by atoms with van der Waals surface area (Å²) in [5.41, 5.74) is 1.78. The van der Waals surface area contributed by atoms with Crippen molar-refractivity contribution in [1.82, 2.24) is 0 Å². The molecule has 0 aliphatic heterocycles. The van der Waals surface area contributed by atoms with Gasteiger partial charge in [0.1, 0.15) is 11.0 Å². The van der Waals surface area contributed by atoms with Gasteiger partial charge >= 0.3 is 0 Å². The SMILES string of the molecule is COc1cc(/C=C(\C#N)S(=O)(=O)c2ccc(C)cc2)ccc1OCC(=O)Nc1ccccc1Cl. The van der Waals surface area contributed by atoms with Crippen LogP contribution in [-0.2, 0) is 14.6 Å². The Hall–Kier alpha value is -3.80. The maximum atomic E-state index is 12.9. The fraction of sp³-hybridized carbons (Fsp3) is 0.120. The van der Waals surface area contributed by atoms with Gasteiger partial charge < -0.3 is 14.8 Å². The molecule has 1 amide bonds. The molecule has 0 saturated carbocycles. The van der Waals surface area contributed by atoms with Crippen molar-refractivity contribution in [2.45, 2.75) is 11.8 Å². The minimum Gasteiger partial charge on any atom is -0.493 e. The molecule has 0 aromatic heterocycles. The van der Waals surface area contributed by atoms with E-state index in [4.69, 9.17) is 21.1 Å². The molecule has 0 aliphatic carbocycles. The number of carbonyl (C=O) groups is 1. The number of hydrogen-bond donors (Lipinski definition) is 1. The van der Waals surface area contributed by atoms with Crippen molar-refractivity contribution in [1.29, 1.82) is 5.26 Å². The third-order valence-corrected chi connectivity index (χ3v) is 6.73. The molecule has 34 heavy (non-hydrogen) atoms. The van der Waals surface area contributed by atoms with Gasteiger partial charge in [-0.1, -0.05) is 47.5 Å². The summed E-state index contributed by atoms with van der Waals surface area (Å²) in [6.07, 6.45) is 1.26. The Morgan fingerprint density at radius 1 is 1.09 bits per heavy atom. The number of hydrogen-bond acceptors (Lipinski definition) is 6. The van der Waals surface area contributed by atoms with E-state index in [0.717, 1.165) is 5.56 Å². The molecule has 1 N–H and O–H groups in total. The Morgan fingerprint density at radius 3 is 2.44 bits per heavy atom. The monoisotopic (exact) mass is 496 g/mol. The molecule has 7 nitrogen and oxygen atoms in total. The van der Waals surface area contributed by atoms with Gasteiger partial charge in [0.05, 0.1) is 22.7 Å². The van der Waals surface area contributed by atoms with Crippen LogP contribution >= 0.6 is 11.6 Å². The van der Waals surface area contributed by atoms with Crippen LogP contribution in [0.4, 0.5) is 5.69 Å². The highest BCUT2D eigenvalue weighted by atomic mass is 35.5. The van der Waals surface area contributed by atoms with Crippen molar-refractivity contribution in [3.63, 3.8) is 0 Å². The van der Waals surface area contributed by atoms with E-state index in [9.17, 15) is 18.5 Å². The second-order valence-electron chi connectivity index (χ2n) is 7.16. The zero-order valence-corrected chi connectivity index (χ0v) is 20.0. The largest absolute Gasteiger partial charge is 0.493 e. The highest BCUT2D eigenvalue weighted by Gasteiger charge is 2.21. The quantitative estimate of drug-likeness (QED) is 0.439. The van der Waals surface area contributed by atoms with Crippen LogP contribution in [-0.4, -0.2) is 28.0 Å². The van der Waals surface area contributed by atoms with E-state index in [-0.39, 0.29) is 23.0 Å². The molecule has 3 rings (SSSR count). The van der Waals surface area contributed by atoms with Gasteiger partial charge in [0.25, 0.3) is 5.91 Å². The Bertz CT molecular complexity index is 1380. The minimum atomic E-state index is -3.99. The molecule has 3 aromatic rings. The van der Waals surface area contributed by atoms with Crippen LogP contribution in [0.15, 0.2) is 76.5 Å². The van der Waals surface area contributed by atoms with E-state index < -0.39 is 20.6 Å². The summed E-state index contributed by atoms with van der Waals surface area (Å²) in [7, 11) is -2.58. The molecule has 0 saturated heterocycles. The fourth-order valence-electron chi connectivity index (χ4n) is 2.95. The van der Waals surface area contributed by atoms with E-state index >= 15 is 0 Å². The first-order valence-electron chi connectivity index (χ1n) is 10.0. The highest BCUT2D eigenvalue weighted by molar-refractivity contribution is 7.95. The number of sulfone groups is 1. The van der Waals surface area contributed by atoms with Gasteiger partial charge in [-0.25, -0.2) is 8.42 Å². The van der Waals surface area contributed by atoms with Gasteiger partial charge in [0.2, 0.25) is 9.84 Å². The van der Waals surface area contributed by atoms with Crippen LogP contribution < -0.4 is 14.8 Å². The van der Waals surface area contributed by atoms with Gasteiger partial charge in [0, 0.05) is 0 Å². The number of benzene rings is 3. The standard InChI is InChI=1S/C25H21ClN2O5S/c1-17-7-10-19(11-8-17)34(30,31)20(15-27)13-18-9-12-23(24(14-18)32-2)33-16-25(29)28-22-6-4-3-5-21(22)26/h3-14H,16H2,1-2H3,(H,28,29)/b20-13+. The lowest BCUT2D eigenvalue weighted by Gasteiger charge is -2.12. The second kappa shape index (κ2) is 10.9. The number of allylic oxidation sites excluding steroid dienone is 1. The lowest BCUT2D eigenvalue weighted by atomic mass is 10.2. The number of anilines is 1. The number of methoxy groups -OCH3 is 1. The summed E-state index contributed by atoms with van der Waals surface area (Å²) < 4.78 is 36.6. The summed E-state index contributed by atoms with van der Waals surface area (Å²) in [6, 6.07) is 19.4. The molecule has 0 unspecified atom stereocenters. The van der Waals surface area contributed by atoms with E-state index in [0.29, 0.717) is 16.3 Å². The molecular formula is C25H21ClN2O5S. The molecular weight excluding hydrogens is 476 g/mol. The van der Waals surface area contributed by atoms with Crippen molar-refractivity contribution in [2.24, 2.45) is 0 Å². The van der Waals surface area contributed by atoms with Crippen LogP contribution in [0.25, 0.3) is 6.08 Å². The normalized spacial score (nSPS) is 11.4. The zero-order valence-electron chi connectivity index (χ0n) is 18.4. The maximum Gasteiger partial charge on any atom is 0.262 e.